The van der Waals surface area contributed by atoms with Crippen molar-refractivity contribution in [2.24, 2.45) is 5.41 Å². The third kappa shape index (κ3) is 7.57. The van der Waals surface area contributed by atoms with E-state index in [1.807, 2.05) is 6.07 Å². The molecule has 3 heterocycles. The number of pyridine rings is 1. The highest BCUT2D eigenvalue weighted by Gasteiger charge is 2.42. The number of aromatic nitrogens is 1. The summed E-state index contributed by atoms with van der Waals surface area (Å²) in [6.45, 7) is 4.96. The summed E-state index contributed by atoms with van der Waals surface area (Å²) in [6, 6.07) is 8.43. The molecule has 0 bridgehead atoms. The van der Waals surface area contributed by atoms with Crippen molar-refractivity contribution in [1.29, 1.82) is 0 Å². The maximum Gasteiger partial charge on any atom is 0.309 e. The predicted molar refractivity (Wildman–Crippen MR) is 155 cm³/mol. The number of ether oxygens (including phenoxy) is 3. The summed E-state index contributed by atoms with van der Waals surface area (Å²) < 4.78 is 59.6. The average Bonchev–Trinajstić information content (AvgIpc) is 3.00. The van der Waals surface area contributed by atoms with Gasteiger partial charge in [-0.15, -0.1) is 0 Å². The van der Waals surface area contributed by atoms with Crippen molar-refractivity contribution in [2.75, 3.05) is 59.7 Å². The number of halogens is 3. The number of carboxylic acids is 1. The fourth-order valence-corrected chi connectivity index (χ4v) is 6.08. The normalized spacial score (nSPS) is 18.4. The highest BCUT2D eigenvalue weighted by Crippen LogP contribution is 2.41. The number of hydrogen-bond acceptors (Lipinski definition) is 7. The molecular weight excluding hydrogens is 563 g/mol. The monoisotopic (exact) mass is 601 g/mol. The lowest BCUT2D eigenvalue weighted by atomic mass is 9.74. The van der Waals surface area contributed by atoms with Crippen molar-refractivity contribution in [3.63, 3.8) is 0 Å². The van der Waals surface area contributed by atoms with Crippen LogP contribution in [0.3, 0.4) is 0 Å². The highest BCUT2D eigenvalue weighted by molar-refractivity contribution is 5.85. The zero-order valence-corrected chi connectivity index (χ0v) is 24.4. The molecule has 2 aliphatic heterocycles. The van der Waals surface area contributed by atoms with Gasteiger partial charge in [0.05, 0.1) is 31.3 Å². The number of alkyl halides is 1. The average molecular weight is 602 g/mol. The molecule has 232 valence electrons. The number of rotatable bonds is 12. The lowest BCUT2D eigenvalue weighted by Gasteiger charge is -2.39. The van der Waals surface area contributed by atoms with Crippen molar-refractivity contribution < 1.29 is 37.3 Å². The van der Waals surface area contributed by atoms with Crippen LogP contribution in [-0.2, 0) is 16.1 Å². The second kappa shape index (κ2) is 13.9. The van der Waals surface area contributed by atoms with Crippen LogP contribution in [0.15, 0.2) is 42.6 Å². The zero-order valence-electron chi connectivity index (χ0n) is 24.4. The predicted octanol–water partition coefficient (Wildman–Crippen LogP) is 5.39. The summed E-state index contributed by atoms with van der Waals surface area (Å²) in [7, 11) is 1.56. The summed E-state index contributed by atoms with van der Waals surface area (Å²) in [5, 5.41) is 10.9. The van der Waals surface area contributed by atoms with Gasteiger partial charge in [0.15, 0.2) is 0 Å². The van der Waals surface area contributed by atoms with Crippen LogP contribution in [0.4, 0.5) is 13.2 Å². The minimum atomic E-state index is -1.39. The number of carbonyl (C=O) groups is 1. The van der Waals surface area contributed by atoms with Gasteiger partial charge in [-0.2, -0.15) is 0 Å². The summed E-state index contributed by atoms with van der Waals surface area (Å²) in [6.07, 6.45) is 1.35. The third-order valence-corrected chi connectivity index (χ3v) is 8.67. The van der Waals surface area contributed by atoms with Gasteiger partial charge >= 0.3 is 5.97 Å². The van der Waals surface area contributed by atoms with Crippen LogP contribution in [0.5, 0.6) is 11.5 Å². The van der Waals surface area contributed by atoms with E-state index in [9.17, 15) is 18.7 Å². The standard InChI is InChI=1S/C32H38F3N3O5/c1-41-25-2-3-29-27(19-25)30(22(20-36-29)21-38-10-13-42-14-11-38)28(35)4-5-32(31(39)40)6-8-37(9-7-32)12-15-43-26-17-23(33)16-24(34)18-26/h2-3,16-20,28H,4-15,21H2,1H3,(H,39,40)/t28-/m0/s1. The van der Waals surface area contributed by atoms with Crippen molar-refractivity contribution in [1.82, 2.24) is 14.8 Å². The third-order valence-electron chi connectivity index (χ3n) is 8.67. The fourth-order valence-electron chi connectivity index (χ4n) is 6.08. The second-order valence-electron chi connectivity index (χ2n) is 11.4. The topological polar surface area (TPSA) is 84.4 Å². The Morgan fingerprint density at radius 1 is 1.05 bits per heavy atom. The number of morpholine rings is 1. The molecule has 0 radical (unpaired) electrons. The van der Waals surface area contributed by atoms with Gasteiger partial charge in [0.25, 0.3) is 0 Å². The van der Waals surface area contributed by atoms with E-state index in [4.69, 9.17) is 14.2 Å². The lowest BCUT2D eigenvalue weighted by Crippen LogP contribution is -2.45. The number of benzene rings is 2. The first-order valence-corrected chi connectivity index (χ1v) is 14.7. The summed E-state index contributed by atoms with van der Waals surface area (Å²) in [5.41, 5.74) is 0.943. The molecule has 2 fully saturated rings. The van der Waals surface area contributed by atoms with E-state index in [-0.39, 0.29) is 25.2 Å². The van der Waals surface area contributed by atoms with Crippen LogP contribution >= 0.6 is 0 Å². The maximum absolute atomic E-state index is 16.4. The molecule has 1 aromatic heterocycles. The van der Waals surface area contributed by atoms with Crippen LogP contribution in [0, 0.1) is 17.0 Å². The minimum absolute atomic E-state index is 0.0625. The Morgan fingerprint density at radius 3 is 2.44 bits per heavy atom. The first kappa shape index (κ1) is 31.0. The van der Waals surface area contributed by atoms with Crippen LogP contribution in [-0.4, -0.2) is 85.5 Å². The molecule has 2 aliphatic rings. The van der Waals surface area contributed by atoms with Crippen molar-refractivity contribution in [3.8, 4) is 11.5 Å². The van der Waals surface area contributed by atoms with Crippen molar-refractivity contribution in [2.45, 2.75) is 38.4 Å². The molecule has 0 spiro atoms. The van der Waals surface area contributed by atoms with E-state index in [2.05, 4.69) is 14.8 Å². The number of piperidine rings is 1. The molecule has 2 aromatic carbocycles. The molecule has 43 heavy (non-hydrogen) atoms. The number of hydrogen-bond donors (Lipinski definition) is 1. The largest absolute Gasteiger partial charge is 0.497 e. The zero-order chi connectivity index (χ0) is 30.4. The van der Waals surface area contributed by atoms with Gasteiger partial charge < -0.3 is 19.3 Å². The SMILES string of the molecule is COc1ccc2ncc(CN3CCOCC3)c([C@@H](F)CCC3(C(=O)O)CCN(CCOc4cc(F)cc(F)c4)CC3)c2c1. The van der Waals surface area contributed by atoms with E-state index in [1.165, 1.54) is 0 Å². The van der Waals surface area contributed by atoms with Gasteiger partial charge in [-0.3, -0.25) is 19.6 Å². The molecule has 3 aromatic rings. The van der Waals surface area contributed by atoms with Crippen LogP contribution in [0.2, 0.25) is 0 Å². The van der Waals surface area contributed by atoms with Gasteiger partial charge in [0.1, 0.15) is 35.9 Å². The smallest absolute Gasteiger partial charge is 0.309 e. The van der Waals surface area contributed by atoms with E-state index in [1.54, 1.807) is 25.4 Å². The van der Waals surface area contributed by atoms with E-state index >= 15 is 4.39 Å². The molecule has 1 N–H and O–H groups in total. The fraction of sp³-hybridized carbons (Fsp3) is 0.500. The Morgan fingerprint density at radius 2 is 1.77 bits per heavy atom. The molecule has 8 nitrogen and oxygen atoms in total. The second-order valence-corrected chi connectivity index (χ2v) is 11.4. The Kier molecular flexibility index (Phi) is 10.0. The Bertz CT molecular complexity index is 1390. The number of aliphatic carboxylic acids is 1. The summed E-state index contributed by atoms with van der Waals surface area (Å²) >= 11 is 0. The molecule has 5 rings (SSSR count). The number of likely N-dealkylation sites (tertiary alicyclic amines) is 1. The van der Waals surface area contributed by atoms with E-state index in [0.717, 1.165) is 36.9 Å². The van der Waals surface area contributed by atoms with E-state index in [0.29, 0.717) is 74.5 Å². The Hall–Kier alpha value is -3.41. The van der Waals surface area contributed by atoms with Gasteiger partial charge in [-0.05, 0) is 62.5 Å². The number of methoxy groups -OCH3 is 1. The van der Waals surface area contributed by atoms with Crippen molar-refractivity contribution >= 4 is 16.9 Å². The number of fused-ring (bicyclic) bond motifs is 1. The molecule has 0 aliphatic carbocycles. The van der Waals surface area contributed by atoms with Gasteiger partial charge in [-0.25, -0.2) is 13.2 Å². The Labute approximate surface area is 249 Å². The lowest BCUT2D eigenvalue weighted by molar-refractivity contribution is -0.153. The van der Waals surface area contributed by atoms with Crippen LogP contribution in [0.25, 0.3) is 10.9 Å². The minimum Gasteiger partial charge on any atom is -0.497 e. The maximum atomic E-state index is 16.4. The number of carboxylic acid groups (broad SMARTS) is 1. The van der Waals surface area contributed by atoms with Gasteiger partial charge in [0, 0.05) is 61.5 Å². The summed E-state index contributed by atoms with van der Waals surface area (Å²) in [4.78, 5) is 21.4. The number of nitrogens with zero attached hydrogens (tertiary/aromatic N) is 3. The molecule has 11 heteroatoms. The molecular formula is C32H38F3N3O5. The molecule has 0 saturated carbocycles. The molecule has 2 saturated heterocycles. The highest BCUT2D eigenvalue weighted by atomic mass is 19.1. The van der Waals surface area contributed by atoms with Gasteiger partial charge in [0.2, 0.25) is 0 Å². The van der Waals surface area contributed by atoms with Crippen LogP contribution in [0.1, 0.15) is 43.0 Å². The quantitative estimate of drug-likeness (QED) is 0.296. The van der Waals surface area contributed by atoms with Gasteiger partial charge in [-0.1, -0.05) is 0 Å². The summed E-state index contributed by atoms with van der Waals surface area (Å²) in [5.74, 6) is -1.62. The Balaban J connectivity index is 1.25. The molecule has 1 atom stereocenters. The molecule has 0 unspecified atom stereocenters. The first-order chi connectivity index (χ1) is 20.8. The van der Waals surface area contributed by atoms with Crippen LogP contribution < -0.4 is 9.47 Å². The van der Waals surface area contributed by atoms with Crippen molar-refractivity contribution in [3.05, 3.63) is 65.4 Å². The first-order valence-electron chi connectivity index (χ1n) is 14.7. The molecule has 0 amide bonds. The van der Waals surface area contributed by atoms with E-state index < -0.39 is 29.2 Å².